The molecular weight excluding hydrogens is 280 g/mol. The third-order valence-corrected chi connectivity index (χ3v) is 3.24. The highest BCUT2D eigenvalue weighted by molar-refractivity contribution is 5.95. The van der Waals surface area contributed by atoms with Crippen molar-refractivity contribution in [3.63, 3.8) is 0 Å². The van der Waals surface area contributed by atoms with Gasteiger partial charge in [-0.3, -0.25) is 4.79 Å². The number of carbonyl (C=O) groups excluding carboxylic acids is 1. The summed E-state index contributed by atoms with van der Waals surface area (Å²) in [7, 11) is 1.51. The van der Waals surface area contributed by atoms with Crippen molar-refractivity contribution in [1.82, 2.24) is 10.1 Å². The largest absolute Gasteiger partial charge is 0.396 e. The van der Waals surface area contributed by atoms with E-state index < -0.39 is 17.5 Å². The maximum Gasteiger partial charge on any atom is 0.256 e. The molecule has 0 aliphatic rings. The lowest BCUT2D eigenvalue weighted by atomic mass is 10.1. The Bertz CT molecular complexity index is 678. The van der Waals surface area contributed by atoms with Crippen LogP contribution < -0.4 is 5.73 Å². The van der Waals surface area contributed by atoms with Gasteiger partial charge in [-0.25, -0.2) is 8.78 Å². The van der Waals surface area contributed by atoms with Gasteiger partial charge in [-0.1, -0.05) is 5.16 Å². The molecule has 0 aliphatic heterocycles. The van der Waals surface area contributed by atoms with Crippen LogP contribution in [-0.2, 0) is 6.54 Å². The van der Waals surface area contributed by atoms with Gasteiger partial charge in [0.15, 0.2) is 0 Å². The molecule has 21 heavy (non-hydrogen) atoms. The zero-order valence-electron chi connectivity index (χ0n) is 11.9. The van der Waals surface area contributed by atoms with Crippen LogP contribution >= 0.6 is 0 Å². The summed E-state index contributed by atoms with van der Waals surface area (Å²) in [5, 5.41) is 3.79. The Labute approximate surface area is 120 Å². The van der Waals surface area contributed by atoms with Crippen LogP contribution in [0.1, 0.15) is 27.4 Å². The number of anilines is 1. The van der Waals surface area contributed by atoms with Crippen LogP contribution in [0.2, 0.25) is 0 Å². The molecule has 7 heteroatoms. The number of carbonyl (C=O) groups is 1. The minimum Gasteiger partial charge on any atom is -0.396 e. The molecule has 0 aliphatic carbocycles. The van der Waals surface area contributed by atoms with E-state index in [1.807, 2.05) is 0 Å². The molecule has 2 N–H and O–H groups in total. The summed E-state index contributed by atoms with van der Waals surface area (Å²) < 4.78 is 31.8. The van der Waals surface area contributed by atoms with Crippen molar-refractivity contribution in [2.45, 2.75) is 20.4 Å². The summed E-state index contributed by atoms with van der Waals surface area (Å²) in [5.41, 5.74) is 6.24. The van der Waals surface area contributed by atoms with Crippen molar-refractivity contribution in [2.24, 2.45) is 0 Å². The van der Waals surface area contributed by atoms with Crippen molar-refractivity contribution >= 4 is 11.6 Å². The molecule has 0 saturated carbocycles. The number of nitrogens with zero attached hydrogens (tertiary/aromatic N) is 2. The standard InChI is InChI=1S/C14H15F2N3O2/c1-7-10(8(2)21-18-7)6-19(3)14(20)9-4-13(17)12(16)5-11(9)15/h4-5H,6,17H2,1-3H3. The smallest absolute Gasteiger partial charge is 0.256 e. The van der Waals surface area contributed by atoms with E-state index in [0.717, 1.165) is 11.6 Å². The number of amides is 1. The second kappa shape index (κ2) is 5.51. The van der Waals surface area contributed by atoms with Gasteiger partial charge in [0.2, 0.25) is 0 Å². The second-order valence-electron chi connectivity index (χ2n) is 4.82. The van der Waals surface area contributed by atoms with Crippen LogP contribution in [0.3, 0.4) is 0 Å². The van der Waals surface area contributed by atoms with Crippen LogP contribution in [0, 0.1) is 25.5 Å². The van der Waals surface area contributed by atoms with Crippen LogP contribution in [0.4, 0.5) is 14.5 Å². The first-order chi connectivity index (χ1) is 9.81. The molecule has 0 spiro atoms. The van der Waals surface area contributed by atoms with Gasteiger partial charge in [-0.05, 0) is 19.9 Å². The maximum atomic E-state index is 13.7. The summed E-state index contributed by atoms with van der Waals surface area (Å²) in [5.74, 6) is -1.85. The number of halogens is 2. The molecule has 1 amide bonds. The molecule has 2 aromatic rings. The average Bonchev–Trinajstić information content (AvgIpc) is 2.74. The van der Waals surface area contributed by atoms with E-state index in [4.69, 9.17) is 10.3 Å². The minimum atomic E-state index is -0.947. The Balaban J connectivity index is 2.26. The van der Waals surface area contributed by atoms with E-state index in [0.29, 0.717) is 17.5 Å². The number of nitrogens with two attached hydrogens (primary N) is 1. The number of rotatable bonds is 3. The van der Waals surface area contributed by atoms with Crippen LogP contribution in [-0.4, -0.2) is 23.0 Å². The van der Waals surface area contributed by atoms with Crippen LogP contribution in [0.5, 0.6) is 0 Å². The molecule has 0 fully saturated rings. The van der Waals surface area contributed by atoms with Gasteiger partial charge in [0.05, 0.1) is 23.5 Å². The first kappa shape index (κ1) is 15.0. The van der Waals surface area contributed by atoms with Crippen molar-refractivity contribution in [3.8, 4) is 0 Å². The summed E-state index contributed by atoms with van der Waals surface area (Å²) in [6.45, 7) is 3.68. The Morgan fingerprint density at radius 1 is 1.33 bits per heavy atom. The minimum absolute atomic E-state index is 0.205. The maximum absolute atomic E-state index is 13.7. The summed E-state index contributed by atoms with van der Waals surface area (Å²) in [4.78, 5) is 13.5. The zero-order valence-corrected chi connectivity index (χ0v) is 11.9. The Kier molecular flexibility index (Phi) is 3.93. The van der Waals surface area contributed by atoms with Gasteiger partial charge in [0.1, 0.15) is 17.4 Å². The molecule has 0 saturated heterocycles. The normalized spacial score (nSPS) is 10.7. The molecule has 0 unspecified atom stereocenters. The van der Waals surface area contributed by atoms with Crippen molar-refractivity contribution in [2.75, 3.05) is 12.8 Å². The molecule has 1 aromatic heterocycles. The second-order valence-corrected chi connectivity index (χ2v) is 4.82. The van der Waals surface area contributed by atoms with E-state index in [9.17, 15) is 13.6 Å². The number of aryl methyl sites for hydroxylation is 2. The lowest BCUT2D eigenvalue weighted by Crippen LogP contribution is -2.27. The molecular formula is C14H15F2N3O2. The Morgan fingerprint density at radius 3 is 2.57 bits per heavy atom. The number of hydrogen-bond donors (Lipinski definition) is 1. The van der Waals surface area contributed by atoms with Gasteiger partial charge in [-0.15, -0.1) is 0 Å². The van der Waals surface area contributed by atoms with Crippen molar-refractivity contribution in [3.05, 3.63) is 46.3 Å². The molecule has 1 heterocycles. The molecule has 0 atom stereocenters. The predicted molar refractivity (Wildman–Crippen MR) is 72.5 cm³/mol. The number of benzene rings is 1. The van der Waals surface area contributed by atoms with Gasteiger partial charge < -0.3 is 15.2 Å². The fraction of sp³-hybridized carbons (Fsp3) is 0.286. The van der Waals surface area contributed by atoms with Gasteiger partial charge >= 0.3 is 0 Å². The van der Waals surface area contributed by atoms with Crippen LogP contribution in [0.25, 0.3) is 0 Å². The lowest BCUT2D eigenvalue weighted by molar-refractivity contribution is 0.0780. The Hall–Kier alpha value is -2.44. The Morgan fingerprint density at radius 2 is 2.00 bits per heavy atom. The van der Waals surface area contributed by atoms with Gasteiger partial charge in [0.25, 0.3) is 5.91 Å². The summed E-state index contributed by atoms with van der Waals surface area (Å²) >= 11 is 0. The first-order valence-electron chi connectivity index (χ1n) is 6.23. The molecule has 0 radical (unpaired) electrons. The quantitative estimate of drug-likeness (QED) is 0.883. The van der Waals surface area contributed by atoms with E-state index in [1.54, 1.807) is 13.8 Å². The number of hydrogen-bond acceptors (Lipinski definition) is 4. The zero-order chi connectivity index (χ0) is 15.7. The van der Waals surface area contributed by atoms with E-state index in [2.05, 4.69) is 5.16 Å². The fourth-order valence-electron chi connectivity index (χ4n) is 1.97. The van der Waals surface area contributed by atoms with E-state index in [1.165, 1.54) is 11.9 Å². The first-order valence-corrected chi connectivity index (χ1v) is 6.23. The van der Waals surface area contributed by atoms with E-state index in [-0.39, 0.29) is 17.8 Å². The monoisotopic (exact) mass is 295 g/mol. The van der Waals surface area contributed by atoms with Gasteiger partial charge in [0, 0.05) is 18.7 Å². The van der Waals surface area contributed by atoms with E-state index >= 15 is 0 Å². The summed E-state index contributed by atoms with van der Waals surface area (Å²) in [6, 6.07) is 1.60. The number of aromatic nitrogens is 1. The molecule has 1 aromatic carbocycles. The highest BCUT2D eigenvalue weighted by atomic mass is 19.1. The molecule has 5 nitrogen and oxygen atoms in total. The molecule has 0 bridgehead atoms. The fourth-order valence-corrected chi connectivity index (χ4v) is 1.97. The lowest BCUT2D eigenvalue weighted by Gasteiger charge is -2.17. The van der Waals surface area contributed by atoms with Crippen molar-refractivity contribution < 1.29 is 18.1 Å². The highest BCUT2D eigenvalue weighted by Crippen LogP contribution is 2.20. The third kappa shape index (κ3) is 2.86. The highest BCUT2D eigenvalue weighted by Gasteiger charge is 2.21. The average molecular weight is 295 g/mol. The summed E-state index contributed by atoms with van der Waals surface area (Å²) in [6.07, 6.45) is 0. The molecule has 112 valence electrons. The topological polar surface area (TPSA) is 72.4 Å². The predicted octanol–water partition coefficient (Wildman–Crippen LogP) is 2.42. The number of nitrogen functional groups attached to an aromatic ring is 1. The molecule has 2 rings (SSSR count). The van der Waals surface area contributed by atoms with Gasteiger partial charge in [-0.2, -0.15) is 0 Å². The van der Waals surface area contributed by atoms with Crippen molar-refractivity contribution in [1.29, 1.82) is 0 Å². The SMILES string of the molecule is Cc1noc(C)c1CN(C)C(=O)c1cc(N)c(F)cc1F. The third-order valence-electron chi connectivity index (χ3n) is 3.24. The van der Waals surface area contributed by atoms with Crippen LogP contribution in [0.15, 0.2) is 16.7 Å².